The van der Waals surface area contributed by atoms with E-state index in [0.717, 1.165) is 43.6 Å². The van der Waals surface area contributed by atoms with Gasteiger partial charge in [0.1, 0.15) is 11.9 Å². The van der Waals surface area contributed by atoms with Gasteiger partial charge in [-0.2, -0.15) is 0 Å². The number of carbonyl (C=O) groups excluding carboxylic acids is 2. The summed E-state index contributed by atoms with van der Waals surface area (Å²) < 4.78 is 5.39. The van der Waals surface area contributed by atoms with Gasteiger partial charge >= 0.3 is 11.0 Å². The minimum atomic E-state index is -0.565. The molecule has 1 saturated heterocycles. The number of hydrogen-bond acceptors (Lipinski definition) is 10. The number of anilines is 3. The molecule has 38 heavy (non-hydrogen) atoms. The molecule has 0 bridgehead atoms. The molecule has 0 aliphatic carbocycles. The summed E-state index contributed by atoms with van der Waals surface area (Å²) in [6.07, 6.45) is 4.05. The maximum atomic E-state index is 12.7. The minimum Gasteiger partial charge on any atom is -0.397 e. The van der Waals surface area contributed by atoms with E-state index in [1.165, 1.54) is 0 Å². The number of hydrogen-bond donors (Lipinski definition) is 4. The summed E-state index contributed by atoms with van der Waals surface area (Å²) in [6, 6.07) is 9.29. The van der Waals surface area contributed by atoms with Gasteiger partial charge < -0.3 is 21.1 Å². The van der Waals surface area contributed by atoms with Crippen molar-refractivity contribution in [3.8, 4) is 0 Å². The molecule has 0 spiro atoms. The van der Waals surface area contributed by atoms with E-state index in [1.807, 2.05) is 0 Å². The number of urea groups is 1. The molecule has 0 radical (unpaired) electrons. The monoisotopic (exact) mass is 540 g/mol. The second-order valence-corrected chi connectivity index (χ2v) is 9.54. The van der Waals surface area contributed by atoms with Crippen LogP contribution in [0.5, 0.6) is 0 Å². The molecule has 2 aromatic heterocycles. The van der Waals surface area contributed by atoms with Crippen molar-refractivity contribution in [1.82, 2.24) is 20.2 Å². The molecule has 5 N–H and O–H groups in total. The van der Waals surface area contributed by atoms with Crippen LogP contribution in [0.25, 0.3) is 0 Å². The Balaban J connectivity index is 1.42. The molecule has 1 aliphatic heterocycles. The van der Waals surface area contributed by atoms with Crippen LogP contribution in [-0.4, -0.2) is 64.6 Å². The number of nitrogens with two attached hydrogens (primary N) is 1. The van der Waals surface area contributed by atoms with Crippen LogP contribution < -0.4 is 21.7 Å². The third kappa shape index (κ3) is 7.44. The summed E-state index contributed by atoms with van der Waals surface area (Å²) >= 11 is 0.769. The van der Waals surface area contributed by atoms with Crippen molar-refractivity contribution in [2.75, 3.05) is 49.2 Å². The number of nitro groups is 1. The molecule has 1 aromatic carbocycles. The number of nitrogen functional groups attached to an aromatic ring is 1. The van der Waals surface area contributed by atoms with Gasteiger partial charge in [0, 0.05) is 19.3 Å². The van der Waals surface area contributed by atoms with Crippen LogP contribution in [-0.2, 0) is 4.74 Å². The highest BCUT2D eigenvalue weighted by atomic mass is 32.1. The number of aromatic nitrogens is 2. The fourth-order valence-corrected chi connectivity index (χ4v) is 4.54. The molecular formula is C24H28N8O5S. The lowest BCUT2D eigenvalue weighted by molar-refractivity contribution is -0.380. The predicted octanol–water partition coefficient (Wildman–Crippen LogP) is 3.26. The first kappa shape index (κ1) is 26.9. The van der Waals surface area contributed by atoms with Crippen molar-refractivity contribution >= 4 is 44.8 Å². The normalized spacial score (nSPS) is 14.4. The molecule has 3 heterocycles. The highest BCUT2D eigenvalue weighted by Crippen LogP contribution is 2.25. The number of amides is 3. The molecule has 3 amide bonds. The summed E-state index contributed by atoms with van der Waals surface area (Å²) in [6.45, 7) is 3.96. The van der Waals surface area contributed by atoms with E-state index in [9.17, 15) is 19.7 Å². The first-order valence-corrected chi connectivity index (χ1v) is 12.8. The van der Waals surface area contributed by atoms with E-state index >= 15 is 0 Å². The number of nitrogens with one attached hydrogen (secondary N) is 3. The number of thiazole rings is 1. The fourth-order valence-electron chi connectivity index (χ4n) is 3.91. The fraction of sp³-hybridized carbons (Fsp3) is 0.333. The average Bonchev–Trinajstić information content (AvgIpc) is 3.39. The van der Waals surface area contributed by atoms with E-state index in [0.29, 0.717) is 36.6 Å². The van der Waals surface area contributed by atoms with Gasteiger partial charge in [0.2, 0.25) is 0 Å². The van der Waals surface area contributed by atoms with Gasteiger partial charge in [-0.1, -0.05) is 18.2 Å². The molecule has 1 unspecified atom stereocenters. The van der Waals surface area contributed by atoms with Gasteiger partial charge in [-0.25, -0.2) is 9.78 Å². The largest absolute Gasteiger partial charge is 0.397 e. The average molecular weight is 541 g/mol. The SMILES string of the molecule is Nc1ccccc1NC(=O)c1ccc(C(CCCN2CCOCC2)NC(=O)Nc2ncc([N+](=O)[O-])s2)cn1. The number of carbonyl (C=O) groups is 2. The smallest absolute Gasteiger partial charge is 0.345 e. The molecule has 1 fully saturated rings. The Kier molecular flexibility index (Phi) is 9.13. The highest BCUT2D eigenvalue weighted by Gasteiger charge is 2.20. The van der Waals surface area contributed by atoms with E-state index < -0.39 is 22.9 Å². The van der Waals surface area contributed by atoms with Gasteiger partial charge in [0.05, 0.1) is 35.6 Å². The van der Waals surface area contributed by atoms with E-state index in [4.69, 9.17) is 10.5 Å². The summed E-state index contributed by atoms with van der Waals surface area (Å²) in [7, 11) is 0. The maximum Gasteiger partial charge on any atom is 0.345 e. The number of nitrogens with zero attached hydrogens (tertiary/aromatic N) is 4. The Morgan fingerprint density at radius 3 is 2.61 bits per heavy atom. The number of para-hydroxylation sites is 2. The van der Waals surface area contributed by atoms with Crippen molar-refractivity contribution in [1.29, 1.82) is 0 Å². The van der Waals surface area contributed by atoms with Crippen molar-refractivity contribution in [3.63, 3.8) is 0 Å². The van der Waals surface area contributed by atoms with Crippen LogP contribution in [0.2, 0.25) is 0 Å². The Labute approximate surface area is 222 Å². The number of benzene rings is 1. The second-order valence-electron chi connectivity index (χ2n) is 8.53. The summed E-state index contributed by atoms with van der Waals surface area (Å²) in [5.41, 5.74) is 7.74. The van der Waals surface area contributed by atoms with Gasteiger partial charge in [-0.3, -0.25) is 30.1 Å². The first-order chi connectivity index (χ1) is 18.4. The standard InChI is InChI=1S/C24H28N8O5S/c25-17-4-1-2-5-19(17)28-22(33)20-8-7-16(14-26-20)18(6-3-9-31-10-12-37-13-11-31)29-23(34)30-24-27-15-21(38-24)32(35)36/h1-2,4-5,7-8,14-15,18H,3,6,9-13,25H2,(H,28,33)(H2,27,29,30,34). The molecular weight excluding hydrogens is 512 g/mol. The van der Waals surface area contributed by atoms with Crippen molar-refractivity contribution < 1.29 is 19.2 Å². The quantitative estimate of drug-likeness (QED) is 0.171. The van der Waals surface area contributed by atoms with Gasteiger partial charge in [-0.05, 0) is 54.5 Å². The number of morpholine rings is 1. The third-order valence-electron chi connectivity index (χ3n) is 5.90. The van der Waals surface area contributed by atoms with E-state index in [2.05, 4.69) is 30.8 Å². The lowest BCUT2D eigenvalue weighted by Crippen LogP contribution is -2.37. The highest BCUT2D eigenvalue weighted by molar-refractivity contribution is 7.18. The molecule has 1 atom stereocenters. The van der Waals surface area contributed by atoms with Crippen LogP contribution >= 0.6 is 11.3 Å². The van der Waals surface area contributed by atoms with Gasteiger partial charge in [0.25, 0.3) is 5.91 Å². The van der Waals surface area contributed by atoms with Crippen LogP contribution in [0.1, 0.15) is 34.9 Å². The van der Waals surface area contributed by atoms with Crippen LogP contribution in [0.3, 0.4) is 0 Å². The van der Waals surface area contributed by atoms with Crippen molar-refractivity contribution in [2.45, 2.75) is 18.9 Å². The minimum absolute atomic E-state index is 0.117. The molecule has 1 aliphatic rings. The van der Waals surface area contributed by atoms with Gasteiger partial charge in [-0.15, -0.1) is 0 Å². The summed E-state index contributed by atoms with van der Waals surface area (Å²) in [4.78, 5) is 46.2. The number of rotatable bonds is 10. The predicted molar refractivity (Wildman–Crippen MR) is 143 cm³/mol. The zero-order valence-corrected chi connectivity index (χ0v) is 21.3. The Morgan fingerprint density at radius 1 is 1.13 bits per heavy atom. The molecule has 13 nitrogen and oxygen atoms in total. The topological polar surface area (TPSA) is 178 Å². The lowest BCUT2D eigenvalue weighted by Gasteiger charge is -2.27. The Bertz CT molecular complexity index is 1260. The molecule has 4 rings (SSSR count). The van der Waals surface area contributed by atoms with Crippen LogP contribution in [0, 0.1) is 10.1 Å². The summed E-state index contributed by atoms with van der Waals surface area (Å²) in [5, 5.41) is 19.0. The Hall–Kier alpha value is -4.14. The lowest BCUT2D eigenvalue weighted by atomic mass is 10.0. The molecule has 14 heteroatoms. The first-order valence-electron chi connectivity index (χ1n) is 12.0. The molecule has 3 aromatic rings. The van der Waals surface area contributed by atoms with E-state index in [-0.39, 0.29) is 15.8 Å². The summed E-state index contributed by atoms with van der Waals surface area (Å²) in [5.74, 6) is -0.408. The van der Waals surface area contributed by atoms with Gasteiger partial charge in [0.15, 0.2) is 5.13 Å². The van der Waals surface area contributed by atoms with Crippen LogP contribution in [0.4, 0.5) is 26.3 Å². The van der Waals surface area contributed by atoms with Crippen molar-refractivity contribution in [2.24, 2.45) is 0 Å². The third-order valence-corrected chi connectivity index (χ3v) is 6.76. The maximum absolute atomic E-state index is 12.7. The van der Waals surface area contributed by atoms with E-state index in [1.54, 1.807) is 42.6 Å². The second kappa shape index (κ2) is 12.9. The Morgan fingerprint density at radius 2 is 1.92 bits per heavy atom. The zero-order chi connectivity index (χ0) is 26.9. The molecule has 0 saturated carbocycles. The van der Waals surface area contributed by atoms with Crippen LogP contribution in [0.15, 0.2) is 48.8 Å². The van der Waals surface area contributed by atoms with Crippen molar-refractivity contribution in [3.05, 3.63) is 70.2 Å². The number of ether oxygens (including phenoxy) is 1. The zero-order valence-electron chi connectivity index (χ0n) is 20.5. The molecule has 200 valence electrons. The number of pyridine rings is 1.